The number of fused-ring (bicyclic) bond motifs is 6. The standard InChI is InChI=1S/C48H33N3O/c1-48(2)41-27-36(25-26-37(41)39-28-40-38-15-9-10-16-43(38)52-44(40)29-42(39)48)32-19-17-30(18-20-32)31-21-23-35(24-22-31)47-50-45(33-11-5-3-6-12-33)49-46(51-47)34-13-7-4-8-14-34/h3-29H,1-2H3. The fraction of sp³-hybridized carbons (Fsp3) is 0.0625. The van der Waals surface area contributed by atoms with Crippen molar-refractivity contribution in [3.8, 4) is 67.5 Å². The molecule has 1 aliphatic carbocycles. The van der Waals surface area contributed by atoms with Crippen molar-refractivity contribution in [3.63, 3.8) is 0 Å². The van der Waals surface area contributed by atoms with Gasteiger partial charge in [0.1, 0.15) is 11.2 Å². The molecule has 4 heteroatoms. The second kappa shape index (κ2) is 11.7. The quantitative estimate of drug-likeness (QED) is 0.183. The van der Waals surface area contributed by atoms with Crippen molar-refractivity contribution in [2.45, 2.75) is 19.3 Å². The van der Waals surface area contributed by atoms with E-state index in [-0.39, 0.29) is 5.41 Å². The Morgan fingerprint density at radius 2 is 0.827 bits per heavy atom. The molecule has 0 fully saturated rings. The minimum absolute atomic E-state index is 0.141. The molecule has 0 saturated heterocycles. The molecule has 0 N–H and O–H groups in total. The van der Waals surface area contributed by atoms with Gasteiger partial charge in [-0.3, -0.25) is 0 Å². The van der Waals surface area contributed by atoms with Crippen molar-refractivity contribution in [1.29, 1.82) is 0 Å². The number of hydrogen-bond donors (Lipinski definition) is 0. The van der Waals surface area contributed by atoms with Crippen LogP contribution in [0.3, 0.4) is 0 Å². The Kier molecular flexibility index (Phi) is 6.80. The first kappa shape index (κ1) is 30.2. The second-order valence-electron chi connectivity index (χ2n) is 14.1. The number of nitrogens with zero attached hydrogens (tertiary/aromatic N) is 3. The minimum atomic E-state index is -0.141. The van der Waals surface area contributed by atoms with Crippen LogP contribution >= 0.6 is 0 Å². The molecule has 2 aromatic heterocycles. The van der Waals surface area contributed by atoms with Crippen molar-refractivity contribution < 1.29 is 4.42 Å². The van der Waals surface area contributed by atoms with E-state index in [0.717, 1.165) is 44.4 Å². The third kappa shape index (κ3) is 4.95. The van der Waals surface area contributed by atoms with E-state index in [1.807, 2.05) is 72.8 Å². The topological polar surface area (TPSA) is 51.8 Å². The van der Waals surface area contributed by atoms with E-state index in [1.54, 1.807) is 0 Å². The largest absolute Gasteiger partial charge is 0.456 e. The number of para-hydroxylation sites is 1. The molecule has 2 heterocycles. The number of rotatable bonds is 5. The second-order valence-corrected chi connectivity index (χ2v) is 14.1. The third-order valence-corrected chi connectivity index (χ3v) is 10.6. The van der Waals surface area contributed by atoms with Crippen LogP contribution in [-0.2, 0) is 5.41 Å². The summed E-state index contributed by atoms with van der Waals surface area (Å²) in [6.45, 7) is 4.65. The zero-order chi connectivity index (χ0) is 34.8. The fourth-order valence-electron chi connectivity index (χ4n) is 7.74. The van der Waals surface area contributed by atoms with Crippen molar-refractivity contribution in [1.82, 2.24) is 15.0 Å². The molecule has 0 bridgehead atoms. The van der Waals surface area contributed by atoms with Crippen molar-refractivity contribution >= 4 is 21.9 Å². The predicted molar refractivity (Wildman–Crippen MR) is 212 cm³/mol. The van der Waals surface area contributed by atoms with Crippen LogP contribution in [0.15, 0.2) is 168 Å². The summed E-state index contributed by atoms with van der Waals surface area (Å²) >= 11 is 0. The van der Waals surface area contributed by atoms with E-state index in [1.165, 1.54) is 38.8 Å². The maximum Gasteiger partial charge on any atom is 0.164 e. The Bertz CT molecular complexity index is 2720. The van der Waals surface area contributed by atoms with Gasteiger partial charge in [-0.05, 0) is 68.8 Å². The Morgan fingerprint density at radius 3 is 1.42 bits per heavy atom. The number of aromatic nitrogens is 3. The molecule has 0 saturated carbocycles. The highest BCUT2D eigenvalue weighted by molar-refractivity contribution is 6.07. The smallest absolute Gasteiger partial charge is 0.164 e. The molecule has 9 aromatic rings. The lowest BCUT2D eigenvalue weighted by Gasteiger charge is -2.22. The van der Waals surface area contributed by atoms with Crippen LogP contribution < -0.4 is 0 Å². The molecular weight excluding hydrogens is 635 g/mol. The van der Waals surface area contributed by atoms with Crippen LogP contribution in [0.1, 0.15) is 25.0 Å². The van der Waals surface area contributed by atoms with E-state index in [4.69, 9.17) is 19.4 Å². The lowest BCUT2D eigenvalue weighted by Crippen LogP contribution is -2.15. The summed E-state index contributed by atoms with van der Waals surface area (Å²) in [5.41, 5.74) is 14.6. The summed E-state index contributed by atoms with van der Waals surface area (Å²) in [6.07, 6.45) is 0. The lowest BCUT2D eigenvalue weighted by atomic mass is 9.81. The Hall–Kier alpha value is -6.65. The molecule has 246 valence electrons. The maximum absolute atomic E-state index is 6.27. The fourth-order valence-corrected chi connectivity index (χ4v) is 7.74. The summed E-state index contributed by atoms with van der Waals surface area (Å²) in [5.74, 6) is 1.97. The van der Waals surface area contributed by atoms with Gasteiger partial charge >= 0.3 is 0 Å². The van der Waals surface area contributed by atoms with Crippen molar-refractivity contribution in [2.75, 3.05) is 0 Å². The first-order chi connectivity index (χ1) is 25.5. The lowest BCUT2D eigenvalue weighted by molar-refractivity contribution is 0.647. The molecular formula is C48H33N3O. The highest BCUT2D eigenvalue weighted by Gasteiger charge is 2.36. The first-order valence-corrected chi connectivity index (χ1v) is 17.7. The van der Waals surface area contributed by atoms with Gasteiger partial charge in [-0.15, -0.1) is 0 Å². The molecule has 10 rings (SSSR count). The molecule has 0 aliphatic heterocycles. The van der Waals surface area contributed by atoms with E-state index >= 15 is 0 Å². The van der Waals surface area contributed by atoms with Crippen LogP contribution in [-0.4, -0.2) is 15.0 Å². The van der Waals surface area contributed by atoms with Crippen molar-refractivity contribution in [2.24, 2.45) is 0 Å². The Labute approximate surface area is 302 Å². The van der Waals surface area contributed by atoms with Crippen LogP contribution in [0.5, 0.6) is 0 Å². The number of furan rings is 1. The van der Waals surface area contributed by atoms with Crippen LogP contribution in [0.2, 0.25) is 0 Å². The van der Waals surface area contributed by atoms with E-state index in [0.29, 0.717) is 17.5 Å². The average molecular weight is 668 g/mol. The molecule has 0 amide bonds. The summed E-state index contributed by atoms with van der Waals surface area (Å²) < 4.78 is 6.27. The first-order valence-electron chi connectivity index (χ1n) is 17.7. The molecule has 4 nitrogen and oxygen atoms in total. The van der Waals surface area contributed by atoms with Crippen LogP contribution in [0.25, 0.3) is 89.5 Å². The zero-order valence-electron chi connectivity index (χ0n) is 28.8. The van der Waals surface area contributed by atoms with Gasteiger partial charge in [0.05, 0.1) is 0 Å². The van der Waals surface area contributed by atoms with E-state index in [2.05, 4.69) is 105 Å². The SMILES string of the molecule is CC1(C)c2cc(-c3ccc(-c4ccc(-c5nc(-c6ccccc6)nc(-c6ccccc6)n5)cc4)cc3)ccc2-c2cc3c(cc21)oc1ccccc13. The van der Waals surface area contributed by atoms with Gasteiger partial charge in [-0.25, -0.2) is 15.0 Å². The summed E-state index contributed by atoms with van der Waals surface area (Å²) in [7, 11) is 0. The van der Waals surface area contributed by atoms with Gasteiger partial charge in [0.25, 0.3) is 0 Å². The summed E-state index contributed by atoms with van der Waals surface area (Å²) in [5, 5.41) is 2.34. The van der Waals surface area contributed by atoms with Gasteiger partial charge in [0.15, 0.2) is 17.5 Å². The molecule has 7 aromatic carbocycles. The van der Waals surface area contributed by atoms with Crippen LogP contribution in [0.4, 0.5) is 0 Å². The summed E-state index contributed by atoms with van der Waals surface area (Å²) in [4.78, 5) is 14.6. The highest BCUT2D eigenvalue weighted by atomic mass is 16.3. The molecule has 1 aliphatic rings. The van der Waals surface area contributed by atoms with Gasteiger partial charge in [0.2, 0.25) is 0 Å². The molecule has 0 radical (unpaired) electrons. The van der Waals surface area contributed by atoms with Crippen LogP contribution in [0, 0.1) is 0 Å². The van der Waals surface area contributed by atoms with Gasteiger partial charge in [-0.1, -0.05) is 153 Å². The summed E-state index contributed by atoms with van der Waals surface area (Å²) in [6, 6.07) is 57.3. The molecule has 0 atom stereocenters. The molecule has 0 unspecified atom stereocenters. The molecule has 52 heavy (non-hydrogen) atoms. The monoisotopic (exact) mass is 667 g/mol. The normalized spacial score (nSPS) is 13.0. The van der Waals surface area contributed by atoms with E-state index in [9.17, 15) is 0 Å². The Balaban J connectivity index is 0.949. The van der Waals surface area contributed by atoms with Gasteiger partial charge in [-0.2, -0.15) is 0 Å². The predicted octanol–water partition coefficient (Wildman–Crippen LogP) is 12.4. The van der Waals surface area contributed by atoms with Gasteiger partial charge < -0.3 is 4.42 Å². The third-order valence-electron chi connectivity index (χ3n) is 10.6. The maximum atomic E-state index is 6.27. The molecule has 0 spiro atoms. The van der Waals surface area contributed by atoms with Crippen molar-refractivity contribution in [3.05, 3.63) is 175 Å². The van der Waals surface area contributed by atoms with Gasteiger partial charge in [0, 0.05) is 32.9 Å². The zero-order valence-corrected chi connectivity index (χ0v) is 28.8. The number of hydrogen-bond acceptors (Lipinski definition) is 4. The Morgan fingerprint density at radius 1 is 0.365 bits per heavy atom. The average Bonchev–Trinajstić information content (AvgIpc) is 3.68. The minimum Gasteiger partial charge on any atom is -0.456 e. The van der Waals surface area contributed by atoms with E-state index < -0.39 is 0 Å². The number of benzene rings is 7. The highest BCUT2D eigenvalue weighted by Crippen LogP contribution is 2.51.